The molecule has 0 aromatic carbocycles. The second-order valence-electron chi connectivity index (χ2n) is 5.66. The number of carbonyl (C=O) groups is 1. The van der Waals surface area contributed by atoms with E-state index in [0.717, 1.165) is 25.7 Å². The normalized spacial score (nSPS) is 23.5. The fourth-order valence-electron chi connectivity index (χ4n) is 3.28. The van der Waals surface area contributed by atoms with Gasteiger partial charge in [0.1, 0.15) is 0 Å². The molecule has 1 N–H and O–H groups in total. The van der Waals surface area contributed by atoms with Crippen LogP contribution in [0.2, 0.25) is 0 Å². The molecule has 1 aliphatic carbocycles. The second kappa shape index (κ2) is 6.41. The van der Waals surface area contributed by atoms with Crippen molar-refractivity contribution >= 4 is 16.2 Å². The van der Waals surface area contributed by atoms with Gasteiger partial charge in [0, 0.05) is 25.7 Å². The van der Waals surface area contributed by atoms with Crippen LogP contribution in [0.5, 0.6) is 0 Å². The number of aliphatic carboxylic acids is 1. The van der Waals surface area contributed by atoms with Crippen molar-refractivity contribution in [2.24, 2.45) is 5.92 Å². The van der Waals surface area contributed by atoms with Crippen molar-refractivity contribution in [2.75, 3.05) is 19.6 Å². The molecule has 0 aromatic heterocycles. The monoisotopic (exact) mass is 304 g/mol. The predicted octanol–water partition coefficient (Wildman–Crippen LogP) is 1.29. The molecule has 7 heteroatoms. The zero-order valence-electron chi connectivity index (χ0n) is 12.0. The minimum atomic E-state index is -3.43. The lowest BCUT2D eigenvalue weighted by atomic mass is 9.99. The summed E-state index contributed by atoms with van der Waals surface area (Å²) in [5.41, 5.74) is 0. The van der Waals surface area contributed by atoms with E-state index in [9.17, 15) is 13.2 Å². The number of rotatable bonds is 5. The van der Waals surface area contributed by atoms with Crippen molar-refractivity contribution in [1.82, 2.24) is 8.61 Å². The van der Waals surface area contributed by atoms with Crippen molar-refractivity contribution in [3.63, 3.8) is 0 Å². The number of hydrogen-bond acceptors (Lipinski definition) is 3. The van der Waals surface area contributed by atoms with Gasteiger partial charge in [-0.25, -0.2) is 0 Å². The maximum absolute atomic E-state index is 12.7. The molecule has 116 valence electrons. The molecule has 1 saturated carbocycles. The number of nitrogens with zero attached hydrogens (tertiary/aromatic N) is 2. The van der Waals surface area contributed by atoms with Gasteiger partial charge in [-0.05, 0) is 25.7 Å². The Hall–Kier alpha value is -0.660. The third kappa shape index (κ3) is 3.15. The summed E-state index contributed by atoms with van der Waals surface area (Å²) >= 11 is 0. The highest BCUT2D eigenvalue weighted by Gasteiger charge is 2.37. The van der Waals surface area contributed by atoms with Crippen molar-refractivity contribution < 1.29 is 18.3 Å². The fraction of sp³-hybridized carbons (Fsp3) is 0.923. The standard InChI is InChI=1S/C13H24N2O4S/c1-2-15(12-5-3-4-6-12)20(18,19)14-9-7-11(8-10-14)13(16)17/h11-12H,2-10H2,1H3,(H,16,17). The Balaban J connectivity index is 2.04. The van der Waals surface area contributed by atoms with E-state index in [0.29, 0.717) is 32.5 Å². The van der Waals surface area contributed by atoms with Gasteiger partial charge in [-0.2, -0.15) is 17.0 Å². The Kier molecular flexibility index (Phi) is 5.04. The zero-order valence-corrected chi connectivity index (χ0v) is 12.8. The van der Waals surface area contributed by atoms with Crippen molar-refractivity contribution in [2.45, 2.75) is 51.5 Å². The first kappa shape index (κ1) is 15.7. The molecule has 1 aliphatic heterocycles. The molecule has 6 nitrogen and oxygen atoms in total. The van der Waals surface area contributed by atoms with Gasteiger partial charge >= 0.3 is 5.97 Å². The number of carboxylic acids is 1. The van der Waals surface area contributed by atoms with Crippen molar-refractivity contribution in [1.29, 1.82) is 0 Å². The third-order valence-electron chi connectivity index (χ3n) is 4.47. The van der Waals surface area contributed by atoms with Gasteiger partial charge < -0.3 is 5.11 Å². The van der Waals surface area contributed by atoms with Crippen LogP contribution in [0.4, 0.5) is 0 Å². The highest BCUT2D eigenvalue weighted by Crippen LogP contribution is 2.28. The van der Waals surface area contributed by atoms with Gasteiger partial charge in [-0.15, -0.1) is 0 Å². The summed E-state index contributed by atoms with van der Waals surface area (Å²) in [7, 11) is -3.43. The van der Waals surface area contributed by atoms with Crippen LogP contribution in [0.3, 0.4) is 0 Å². The lowest BCUT2D eigenvalue weighted by molar-refractivity contribution is -0.142. The topological polar surface area (TPSA) is 77.9 Å². The van der Waals surface area contributed by atoms with Crippen LogP contribution in [0.15, 0.2) is 0 Å². The average molecular weight is 304 g/mol. The summed E-state index contributed by atoms with van der Waals surface area (Å²) in [5, 5.41) is 8.98. The average Bonchev–Trinajstić information content (AvgIpc) is 2.93. The molecule has 0 spiro atoms. The van der Waals surface area contributed by atoms with Crippen LogP contribution in [-0.2, 0) is 15.0 Å². The predicted molar refractivity (Wildman–Crippen MR) is 75.5 cm³/mol. The first-order chi connectivity index (χ1) is 9.46. The maximum Gasteiger partial charge on any atom is 0.306 e. The summed E-state index contributed by atoms with van der Waals surface area (Å²) in [6.45, 7) is 3.01. The van der Waals surface area contributed by atoms with Gasteiger partial charge in [0.2, 0.25) is 0 Å². The molecule has 0 unspecified atom stereocenters. The molecular weight excluding hydrogens is 280 g/mol. The summed E-state index contributed by atoms with van der Waals surface area (Å²) < 4.78 is 28.4. The van der Waals surface area contributed by atoms with Crippen molar-refractivity contribution in [3.8, 4) is 0 Å². The van der Waals surface area contributed by atoms with Crippen LogP contribution in [0.1, 0.15) is 45.4 Å². The first-order valence-electron chi connectivity index (χ1n) is 7.46. The van der Waals surface area contributed by atoms with E-state index >= 15 is 0 Å². The van der Waals surface area contributed by atoms with Gasteiger partial charge in [-0.3, -0.25) is 4.79 Å². The van der Waals surface area contributed by atoms with Crippen molar-refractivity contribution in [3.05, 3.63) is 0 Å². The number of hydrogen-bond donors (Lipinski definition) is 1. The van der Waals surface area contributed by atoms with E-state index < -0.39 is 22.1 Å². The minimum absolute atomic E-state index is 0.127. The maximum atomic E-state index is 12.7. The number of piperidine rings is 1. The highest BCUT2D eigenvalue weighted by atomic mass is 32.2. The lowest BCUT2D eigenvalue weighted by Crippen LogP contribution is -2.50. The van der Waals surface area contributed by atoms with E-state index in [1.54, 1.807) is 4.31 Å². The highest BCUT2D eigenvalue weighted by molar-refractivity contribution is 7.86. The van der Waals surface area contributed by atoms with Gasteiger partial charge in [0.05, 0.1) is 5.92 Å². The van der Waals surface area contributed by atoms with Gasteiger partial charge in [0.15, 0.2) is 0 Å². The zero-order chi connectivity index (χ0) is 14.8. The first-order valence-corrected chi connectivity index (χ1v) is 8.86. The van der Waals surface area contributed by atoms with Crippen LogP contribution in [-0.4, -0.2) is 53.8 Å². The third-order valence-corrected chi connectivity index (χ3v) is 6.64. The van der Waals surface area contributed by atoms with Crippen LogP contribution in [0.25, 0.3) is 0 Å². The summed E-state index contributed by atoms with van der Waals surface area (Å²) in [6, 6.07) is 0.127. The van der Waals surface area contributed by atoms with Crippen LogP contribution >= 0.6 is 0 Å². The molecule has 2 fully saturated rings. The van der Waals surface area contributed by atoms with Gasteiger partial charge in [0.25, 0.3) is 10.2 Å². The lowest BCUT2D eigenvalue weighted by Gasteiger charge is -2.35. The molecule has 2 rings (SSSR count). The smallest absolute Gasteiger partial charge is 0.306 e. The Morgan fingerprint density at radius 3 is 2.20 bits per heavy atom. The molecule has 0 radical (unpaired) electrons. The van der Waals surface area contributed by atoms with E-state index in [-0.39, 0.29) is 6.04 Å². The van der Waals surface area contributed by atoms with E-state index in [2.05, 4.69) is 0 Å². The largest absolute Gasteiger partial charge is 0.481 e. The molecule has 0 aromatic rings. The SMILES string of the molecule is CCN(C1CCCC1)S(=O)(=O)N1CCC(C(=O)O)CC1. The Labute approximate surface area is 120 Å². The molecule has 0 bridgehead atoms. The Morgan fingerprint density at radius 2 is 1.75 bits per heavy atom. The molecule has 0 amide bonds. The summed E-state index contributed by atoms with van der Waals surface area (Å²) in [6.07, 6.45) is 4.90. The van der Waals surface area contributed by atoms with E-state index in [1.165, 1.54) is 4.31 Å². The summed E-state index contributed by atoms with van der Waals surface area (Å²) in [5.74, 6) is -1.21. The molecule has 1 heterocycles. The van der Waals surface area contributed by atoms with Crippen LogP contribution < -0.4 is 0 Å². The van der Waals surface area contributed by atoms with Gasteiger partial charge in [-0.1, -0.05) is 19.8 Å². The molecular formula is C13H24N2O4S. The Bertz CT molecular complexity index is 437. The quantitative estimate of drug-likeness (QED) is 0.830. The van der Waals surface area contributed by atoms with E-state index in [1.807, 2.05) is 6.92 Å². The van der Waals surface area contributed by atoms with E-state index in [4.69, 9.17) is 5.11 Å². The Morgan fingerprint density at radius 1 is 1.20 bits per heavy atom. The summed E-state index contributed by atoms with van der Waals surface area (Å²) in [4.78, 5) is 10.9. The fourth-order valence-corrected chi connectivity index (χ4v) is 5.17. The second-order valence-corrected chi connectivity index (χ2v) is 7.54. The minimum Gasteiger partial charge on any atom is -0.481 e. The molecule has 2 aliphatic rings. The molecule has 1 saturated heterocycles. The number of carboxylic acid groups (broad SMARTS) is 1. The van der Waals surface area contributed by atoms with Crippen LogP contribution in [0, 0.1) is 5.92 Å². The molecule has 0 atom stereocenters. The molecule has 20 heavy (non-hydrogen) atoms.